The Bertz CT molecular complexity index is 533. The fourth-order valence-electron chi connectivity index (χ4n) is 1.16. The van der Waals surface area contributed by atoms with Crippen molar-refractivity contribution in [2.45, 2.75) is 25.0 Å². The van der Waals surface area contributed by atoms with E-state index in [2.05, 4.69) is 20.9 Å². The van der Waals surface area contributed by atoms with Gasteiger partial charge in [-0.25, -0.2) is 13.4 Å². The highest BCUT2D eigenvalue weighted by Crippen LogP contribution is 2.12. The maximum atomic E-state index is 11.7. The lowest BCUT2D eigenvalue weighted by Gasteiger charge is -2.13. The Morgan fingerprint density at radius 3 is 2.40 bits per heavy atom. The third kappa shape index (κ3) is 2.46. The second-order valence-electron chi connectivity index (χ2n) is 3.43. The van der Waals surface area contributed by atoms with Crippen LogP contribution in [0, 0.1) is 0 Å². The number of sulfone groups is 1. The number of rotatable bonds is 2. The highest BCUT2D eigenvalue weighted by Gasteiger charge is 2.19. The first kappa shape index (κ1) is 12.4. The van der Waals surface area contributed by atoms with Crippen LogP contribution in [-0.2, 0) is 9.84 Å². The topological polar surface area (TPSA) is 69.0 Å². The molecule has 0 amide bonds. The molecule has 0 unspecified atom stereocenters. The Balaban J connectivity index is 3.70. The quantitative estimate of drug-likeness (QED) is 0.763. The van der Waals surface area contributed by atoms with Crippen molar-refractivity contribution in [3.63, 3.8) is 0 Å². The number of aromatic nitrogens is 2. The third-order valence-corrected chi connectivity index (χ3v) is 3.27. The highest BCUT2D eigenvalue weighted by atomic mass is 79.9. The van der Waals surface area contributed by atoms with E-state index in [0.717, 1.165) is 10.8 Å². The van der Waals surface area contributed by atoms with E-state index in [1.165, 1.54) is 6.20 Å². The van der Waals surface area contributed by atoms with Crippen molar-refractivity contribution in [3.8, 4) is 0 Å². The minimum atomic E-state index is -3.49. The van der Waals surface area contributed by atoms with Crippen LogP contribution in [-0.4, -0.2) is 24.2 Å². The monoisotopic (exact) mass is 294 g/mol. The Morgan fingerprint density at radius 1 is 1.47 bits per heavy atom. The van der Waals surface area contributed by atoms with E-state index < -0.39 is 9.84 Å². The molecule has 0 fully saturated rings. The summed E-state index contributed by atoms with van der Waals surface area (Å²) in [5.74, 6) is 0. The zero-order chi connectivity index (χ0) is 11.8. The lowest BCUT2D eigenvalue weighted by Crippen LogP contribution is -2.28. The summed E-state index contributed by atoms with van der Waals surface area (Å²) in [4.78, 5) is 15.4. The van der Waals surface area contributed by atoms with E-state index in [4.69, 9.17) is 0 Å². The Kier molecular flexibility index (Phi) is 3.34. The molecule has 7 heteroatoms. The van der Waals surface area contributed by atoms with Gasteiger partial charge in [-0.2, -0.15) is 0 Å². The molecule has 0 radical (unpaired) electrons. The van der Waals surface area contributed by atoms with Crippen LogP contribution in [0.5, 0.6) is 0 Å². The first-order valence-corrected chi connectivity index (χ1v) is 6.90. The zero-order valence-corrected chi connectivity index (χ0v) is 11.0. The van der Waals surface area contributed by atoms with Gasteiger partial charge < -0.3 is 0 Å². The maximum absolute atomic E-state index is 11.7. The number of hydrogen-bond donors (Lipinski definition) is 0. The summed E-state index contributed by atoms with van der Waals surface area (Å²) in [7, 11) is -3.49. The first-order chi connectivity index (χ1) is 6.75. The predicted molar refractivity (Wildman–Crippen MR) is 59.7 cm³/mol. The number of nitrogens with zero attached hydrogens (tertiary/aromatic N) is 2. The molecular weight excluding hydrogens is 284 g/mol. The maximum Gasteiger partial charge on any atom is 0.268 e. The molecule has 0 aliphatic rings. The van der Waals surface area contributed by atoms with Crippen molar-refractivity contribution in [2.75, 3.05) is 6.26 Å². The van der Waals surface area contributed by atoms with E-state index in [1.807, 2.05) is 0 Å². The summed E-state index contributed by atoms with van der Waals surface area (Å²) < 4.78 is 24.2. The summed E-state index contributed by atoms with van der Waals surface area (Å²) in [6.45, 7) is 3.45. The number of hydrogen-bond acceptors (Lipinski definition) is 4. The van der Waals surface area contributed by atoms with Crippen LogP contribution in [0.1, 0.15) is 19.9 Å². The predicted octanol–water partition coefficient (Wildman–Crippen LogP) is 0.990. The Labute approximate surface area is 96.2 Å². The van der Waals surface area contributed by atoms with Crippen LogP contribution in [0.4, 0.5) is 0 Å². The molecule has 1 heterocycles. The molecule has 0 N–H and O–H groups in total. The molecule has 1 aromatic rings. The molecule has 1 rings (SSSR count). The summed E-state index contributed by atoms with van der Waals surface area (Å²) in [6.07, 6.45) is 2.24. The van der Waals surface area contributed by atoms with Crippen LogP contribution >= 0.6 is 15.9 Å². The van der Waals surface area contributed by atoms with E-state index >= 15 is 0 Å². The average Bonchev–Trinajstić information content (AvgIpc) is 2.06. The Hall–Kier alpha value is -0.690. The molecule has 0 aromatic carbocycles. The fourth-order valence-corrected chi connectivity index (χ4v) is 2.35. The van der Waals surface area contributed by atoms with Gasteiger partial charge in [0.05, 0.1) is 0 Å². The largest absolute Gasteiger partial charge is 0.280 e. The normalized spacial score (nSPS) is 12.1. The molecule has 0 saturated carbocycles. The van der Waals surface area contributed by atoms with Gasteiger partial charge in [0.1, 0.15) is 4.47 Å². The second-order valence-corrected chi connectivity index (χ2v) is 6.19. The first-order valence-electron chi connectivity index (χ1n) is 4.22. The standard InChI is InChI=1S/C8H11BrN2O3S/c1-5(2)11-7(12)6(9)4-10-8(11)15(3,13)14/h4-5H,1-3H3. The Morgan fingerprint density at radius 2 is 2.00 bits per heavy atom. The van der Waals surface area contributed by atoms with Gasteiger partial charge in [0.25, 0.3) is 5.56 Å². The van der Waals surface area contributed by atoms with Gasteiger partial charge in [-0.3, -0.25) is 9.36 Å². The lowest BCUT2D eigenvalue weighted by molar-refractivity contribution is 0.489. The second kappa shape index (κ2) is 4.05. The SMILES string of the molecule is CC(C)n1c(S(C)(=O)=O)ncc(Br)c1=O. The summed E-state index contributed by atoms with van der Waals surface area (Å²) >= 11 is 3.02. The molecule has 0 bridgehead atoms. The van der Waals surface area contributed by atoms with Crippen molar-refractivity contribution in [3.05, 3.63) is 21.0 Å². The van der Waals surface area contributed by atoms with Crippen LogP contribution < -0.4 is 5.56 Å². The van der Waals surface area contributed by atoms with Crippen LogP contribution in [0.25, 0.3) is 0 Å². The minimum Gasteiger partial charge on any atom is -0.280 e. The minimum absolute atomic E-state index is 0.203. The van der Waals surface area contributed by atoms with Gasteiger partial charge in [0, 0.05) is 18.5 Å². The zero-order valence-electron chi connectivity index (χ0n) is 8.56. The molecule has 0 aliphatic carbocycles. The molecule has 0 aliphatic heterocycles. The molecule has 0 spiro atoms. The fraction of sp³-hybridized carbons (Fsp3) is 0.500. The van der Waals surface area contributed by atoms with Gasteiger partial charge in [-0.1, -0.05) is 0 Å². The van der Waals surface area contributed by atoms with E-state index in [0.29, 0.717) is 0 Å². The molecular formula is C8H11BrN2O3S. The van der Waals surface area contributed by atoms with Crippen molar-refractivity contribution in [2.24, 2.45) is 0 Å². The van der Waals surface area contributed by atoms with E-state index in [-0.39, 0.29) is 21.2 Å². The summed E-state index contributed by atoms with van der Waals surface area (Å²) in [6, 6.07) is -0.257. The molecule has 1 aromatic heterocycles. The van der Waals surface area contributed by atoms with Gasteiger partial charge in [0.15, 0.2) is 0 Å². The summed E-state index contributed by atoms with van der Waals surface area (Å²) in [5, 5.41) is -0.203. The third-order valence-electron chi connectivity index (χ3n) is 1.77. The number of halogens is 1. The molecule has 84 valence electrons. The van der Waals surface area contributed by atoms with Crippen molar-refractivity contribution < 1.29 is 8.42 Å². The van der Waals surface area contributed by atoms with Crippen molar-refractivity contribution in [1.29, 1.82) is 0 Å². The van der Waals surface area contributed by atoms with Crippen LogP contribution in [0.3, 0.4) is 0 Å². The van der Waals surface area contributed by atoms with Gasteiger partial charge in [-0.05, 0) is 29.8 Å². The lowest BCUT2D eigenvalue weighted by atomic mass is 10.4. The molecule has 0 atom stereocenters. The van der Waals surface area contributed by atoms with Gasteiger partial charge >= 0.3 is 0 Å². The molecule has 15 heavy (non-hydrogen) atoms. The molecule has 5 nitrogen and oxygen atoms in total. The van der Waals surface area contributed by atoms with E-state index in [1.54, 1.807) is 13.8 Å². The average molecular weight is 295 g/mol. The smallest absolute Gasteiger partial charge is 0.268 e. The van der Waals surface area contributed by atoms with Crippen molar-refractivity contribution >= 4 is 25.8 Å². The molecule has 0 saturated heterocycles. The van der Waals surface area contributed by atoms with E-state index in [9.17, 15) is 13.2 Å². The van der Waals surface area contributed by atoms with Crippen LogP contribution in [0.15, 0.2) is 20.6 Å². The van der Waals surface area contributed by atoms with Gasteiger partial charge in [-0.15, -0.1) is 0 Å². The van der Waals surface area contributed by atoms with Crippen molar-refractivity contribution in [1.82, 2.24) is 9.55 Å². The van der Waals surface area contributed by atoms with Gasteiger partial charge in [0.2, 0.25) is 15.0 Å². The highest BCUT2D eigenvalue weighted by molar-refractivity contribution is 9.10. The summed E-state index contributed by atoms with van der Waals surface area (Å²) in [5.41, 5.74) is -0.388. The van der Waals surface area contributed by atoms with Crippen LogP contribution in [0.2, 0.25) is 0 Å².